The summed E-state index contributed by atoms with van der Waals surface area (Å²) < 4.78 is 5.94. The standard InChI is InChI=1S/C10H19NO/c1-3-12-10-6-4-5-9(10)7-11(2)8-10/h9H,3-8H2,1-2H3. The van der Waals surface area contributed by atoms with Crippen LogP contribution in [0.2, 0.25) is 0 Å². The molecule has 12 heavy (non-hydrogen) atoms. The lowest BCUT2D eigenvalue weighted by Gasteiger charge is -2.28. The van der Waals surface area contributed by atoms with Crippen LogP contribution in [0.1, 0.15) is 26.2 Å². The highest BCUT2D eigenvalue weighted by Crippen LogP contribution is 2.43. The minimum atomic E-state index is 0.253. The van der Waals surface area contributed by atoms with Crippen LogP contribution in [0, 0.1) is 5.92 Å². The minimum absolute atomic E-state index is 0.253. The van der Waals surface area contributed by atoms with Crippen LogP contribution in [0.15, 0.2) is 0 Å². The largest absolute Gasteiger partial charge is 0.374 e. The summed E-state index contributed by atoms with van der Waals surface area (Å²) in [6, 6.07) is 0. The van der Waals surface area contributed by atoms with Gasteiger partial charge in [-0.3, -0.25) is 0 Å². The predicted molar refractivity (Wildman–Crippen MR) is 49.2 cm³/mol. The van der Waals surface area contributed by atoms with E-state index in [1.807, 2.05) is 0 Å². The fourth-order valence-corrected chi connectivity index (χ4v) is 3.00. The molecule has 2 rings (SSSR count). The van der Waals surface area contributed by atoms with Gasteiger partial charge in [-0.15, -0.1) is 0 Å². The fraction of sp³-hybridized carbons (Fsp3) is 1.00. The van der Waals surface area contributed by atoms with Gasteiger partial charge in [-0.25, -0.2) is 0 Å². The van der Waals surface area contributed by atoms with Crippen molar-refractivity contribution >= 4 is 0 Å². The van der Waals surface area contributed by atoms with Gasteiger partial charge in [-0.05, 0) is 26.8 Å². The number of hydrogen-bond donors (Lipinski definition) is 0. The molecule has 2 nitrogen and oxygen atoms in total. The molecule has 2 atom stereocenters. The van der Waals surface area contributed by atoms with Gasteiger partial charge < -0.3 is 9.64 Å². The lowest BCUT2D eigenvalue weighted by Crippen LogP contribution is -2.37. The summed E-state index contributed by atoms with van der Waals surface area (Å²) in [4.78, 5) is 2.42. The molecule has 0 aromatic carbocycles. The first-order chi connectivity index (χ1) is 5.77. The van der Waals surface area contributed by atoms with Crippen LogP contribution < -0.4 is 0 Å². The van der Waals surface area contributed by atoms with E-state index in [9.17, 15) is 0 Å². The van der Waals surface area contributed by atoms with Crippen molar-refractivity contribution in [3.05, 3.63) is 0 Å². The highest BCUT2D eigenvalue weighted by atomic mass is 16.5. The Morgan fingerprint density at radius 2 is 2.42 bits per heavy atom. The van der Waals surface area contributed by atoms with E-state index >= 15 is 0 Å². The average Bonchev–Trinajstić information content (AvgIpc) is 2.44. The molecule has 2 heteroatoms. The van der Waals surface area contributed by atoms with Gasteiger partial charge in [0, 0.05) is 25.6 Å². The van der Waals surface area contributed by atoms with Gasteiger partial charge >= 0.3 is 0 Å². The summed E-state index contributed by atoms with van der Waals surface area (Å²) in [5.41, 5.74) is 0.253. The van der Waals surface area contributed by atoms with Gasteiger partial charge in [0.25, 0.3) is 0 Å². The topological polar surface area (TPSA) is 12.5 Å². The van der Waals surface area contributed by atoms with E-state index in [-0.39, 0.29) is 5.60 Å². The van der Waals surface area contributed by atoms with Crippen molar-refractivity contribution in [2.45, 2.75) is 31.8 Å². The number of rotatable bonds is 2. The third-order valence-electron chi connectivity index (χ3n) is 3.40. The van der Waals surface area contributed by atoms with E-state index in [0.717, 1.165) is 19.1 Å². The second-order valence-corrected chi connectivity index (χ2v) is 4.28. The van der Waals surface area contributed by atoms with Crippen LogP contribution in [0.3, 0.4) is 0 Å². The number of fused-ring (bicyclic) bond motifs is 1. The van der Waals surface area contributed by atoms with Crippen molar-refractivity contribution in [1.29, 1.82) is 0 Å². The van der Waals surface area contributed by atoms with Crippen molar-refractivity contribution < 1.29 is 4.74 Å². The molecule has 0 aromatic rings. The molecule has 1 heterocycles. The molecule has 70 valence electrons. The van der Waals surface area contributed by atoms with Crippen LogP contribution in [0.5, 0.6) is 0 Å². The Kier molecular flexibility index (Phi) is 2.13. The molecule has 0 N–H and O–H groups in total. The average molecular weight is 169 g/mol. The Morgan fingerprint density at radius 1 is 1.58 bits per heavy atom. The van der Waals surface area contributed by atoms with Gasteiger partial charge in [-0.1, -0.05) is 6.42 Å². The van der Waals surface area contributed by atoms with Crippen LogP contribution >= 0.6 is 0 Å². The van der Waals surface area contributed by atoms with E-state index in [4.69, 9.17) is 4.74 Å². The Hall–Kier alpha value is -0.0800. The molecular formula is C10H19NO. The van der Waals surface area contributed by atoms with Crippen molar-refractivity contribution in [3.8, 4) is 0 Å². The first kappa shape index (κ1) is 8.52. The first-order valence-corrected chi connectivity index (χ1v) is 5.09. The van der Waals surface area contributed by atoms with Crippen LogP contribution in [0.25, 0.3) is 0 Å². The zero-order valence-corrected chi connectivity index (χ0v) is 8.18. The molecule has 2 fully saturated rings. The summed E-state index contributed by atoms with van der Waals surface area (Å²) >= 11 is 0. The van der Waals surface area contributed by atoms with E-state index < -0.39 is 0 Å². The van der Waals surface area contributed by atoms with Crippen molar-refractivity contribution in [1.82, 2.24) is 4.90 Å². The molecule has 0 spiro atoms. The highest BCUT2D eigenvalue weighted by molar-refractivity contribution is 5.01. The third-order valence-corrected chi connectivity index (χ3v) is 3.40. The highest BCUT2D eigenvalue weighted by Gasteiger charge is 2.49. The van der Waals surface area contributed by atoms with Crippen LogP contribution in [0.4, 0.5) is 0 Å². The molecule has 2 aliphatic rings. The molecule has 2 unspecified atom stereocenters. The van der Waals surface area contributed by atoms with Gasteiger partial charge in [0.2, 0.25) is 0 Å². The van der Waals surface area contributed by atoms with E-state index in [1.54, 1.807) is 0 Å². The summed E-state index contributed by atoms with van der Waals surface area (Å²) in [7, 11) is 2.21. The lowest BCUT2D eigenvalue weighted by molar-refractivity contribution is -0.0446. The monoisotopic (exact) mass is 169 g/mol. The summed E-state index contributed by atoms with van der Waals surface area (Å²) in [6.07, 6.45) is 4.04. The van der Waals surface area contributed by atoms with E-state index in [2.05, 4.69) is 18.9 Å². The van der Waals surface area contributed by atoms with Gasteiger partial charge in [-0.2, -0.15) is 0 Å². The molecule has 0 bridgehead atoms. The second kappa shape index (κ2) is 3.00. The Balaban J connectivity index is 2.09. The van der Waals surface area contributed by atoms with E-state index in [1.165, 1.54) is 25.8 Å². The van der Waals surface area contributed by atoms with Crippen LogP contribution in [-0.2, 0) is 4.74 Å². The number of likely N-dealkylation sites (tertiary alicyclic amines) is 1. The van der Waals surface area contributed by atoms with Crippen molar-refractivity contribution in [2.75, 3.05) is 26.7 Å². The zero-order valence-electron chi connectivity index (χ0n) is 8.18. The Labute approximate surface area is 74.9 Å². The molecule has 1 aliphatic heterocycles. The molecular weight excluding hydrogens is 150 g/mol. The molecule has 0 amide bonds. The minimum Gasteiger partial charge on any atom is -0.374 e. The van der Waals surface area contributed by atoms with Crippen LogP contribution in [-0.4, -0.2) is 37.2 Å². The maximum absolute atomic E-state index is 5.94. The van der Waals surface area contributed by atoms with Crippen molar-refractivity contribution in [3.63, 3.8) is 0 Å². The van der Waals surface area contributed by atoms with Crippen molar-refractivity contribution in [2.24, 2.45) is 5.92 Å². The SMILES string of the molecule is CCOC12CCCC1CN(C)C2. The summed E-state index contributed by atoms with van der Waals surface area (Å²) in [5.74, 6) is 0.822. The normalized spacial score (nSPS) is 42.0. The number of nitrogens with zero attached hydrogens (tertiary/aromatic N) is 1. The maximum Gasteiger partial charge on any atom is 0.0848 e. The first-order valence-electron chi connectivity index (χ1n) is 5.09. The maximum atomic E-state index is 5.94. The molecule has 1 aliphatic carbocycles. The Bertz CT molecular complexity index is 171. The second-order valence-electron chi connectivity index (χ2n) is 4.28. The summed E-state index contributed by atoms with van der Waals surface area (Å²) in [5, 5.41) is 0. The predicted octanol–water partition coefficient (Wildman–Crippen LogP) is 1.51. The Morgan fingerprint density at radius 3 is 3.17 bits per heavy atom. The smallest absolute Gasteiger partial charge is 0.0848 e. The summed E-state index contributed by atoms with van der Waals surface area (Å²) in [6.45, 7) is 5.40. The molecule has 1 saturated heterocycles. The number of hydrogen-bond acceptors (Lipinski definition) is 2. The fourth-order valence-electron chi connectivity index (χ4n) is 3.00. The van der Waals surface area contributed by atoms with Gasteiger partial charge in [0.15, 0.2) is 0 Å². The number of ether oxygens (including phenoxy) is 1. The zero-order chi connectivity index (χ0) is 8.60. The van der Waals surface area contributed by atoms with Gasteiger partial charge in [0.1, 0.15) is 0 Å². The molecule has 0 radical (unpaired) electrons. The quantitative estimate of drug-likeness (QED) is 0.621. The lowest BCUT2D eigenvalue weighted by atomic mass is 9.95. The number of likely N-dealkylation sites (N-methyl/N-ethyl adjacent to an activating group) is 1. The molecule has 0 aromatic heterocycles. The van der Waals surface area contributed by atoms with E-state index in [0.29, 0.717) is 0 Å². The molecule has 1 saturated carbocycles. The van der Waals surface area contributed by atoms with Gasteiger partial charge in [0.05, 0.1) is 5.60 Å². The third kappa shape index (κ3) is 1.17.